The Kier molecular flexibility index (Phi) is 5.70. The lowest BCUT2D eigenvalue weighted by atomic mass is 10.1. The van der Waals surface area contributed by atoms with Crippen LogP contribution in [0.1, 0.15) is 24.8 Å². The summed E-state index contributed by atoms with van der Waals surface area (Å²) in [6, 6.07) is 5.97. The number of nitrogens with one attached hydrogen (secondary N) is 2. The van der Waals surface area contributed by atoms with Gasteiger partial charge in [0.2, 0.25) is 11.8 Å². The number of rotatable bonds is 5. The molecule has 126 valence electrons. The molecule has 1 heterocycles. The predicted molar refractivity (Wildman–Crippen MR) is 82.4 cm³/mol. The third kappa shape index (κ3) is 5.97. The Morgan fingerprint density at radius 1 is 1.22 bits per heavy atom. The molecule has 23 heavy (non-hydrogen) atoms. The van der Waals surface area contributed by atoms with Crippen LogP contribution in [0.25, 0.3) is 0 Å². The largest absolute Gasteiger partial charge is 0.273 e. The van der Waals surface area contributed by atoms with E-state index in [2.05, 4.69) is 10.9 Å². The molecule has 0 radical (unpaired) electrons. The van der Waals surface area contributed by atoms with Crippen LogP contribution in [0.15, 0.2) is 24.3 Å². The normalized spacial score (nSPS) is 19.3. The van der Waals surface area contributed by atoms with Crippen LogP contribution in [0.5, 0.6) is 0 Å². The number of amides is 2. The van der Waals surface area contributed by atoms with E-state index in [1.807, 2.05) is 0 Å². The van der Waals surface area contributed by atoms with Crippen molar-refractivity contribution in [3.63, 3.8) is 0 Å². The molecule has 0 bridgehead atoms. The first-order valence-corrected chi connectivity index (χ1v) is 9.19. The van der Waals surface area contributed by atoms with Gasteiger partial charge >= 0.3 is 0 Å². The fourth-order valence-electron chi connectivity index (χ4n) is 2.50. The molecule has 6 nitrogen and oxygen atoms in total. The van der Waals surface area contributed by atoms with Crippen LogP contribution in [-0.2, 0) is 25.8 Å². The maximum Gasteiger partial charge on any atom is 0.238 e. The number of hydrazine groups is 1. The number of carbonyl (C=O) groups excluding carboxylic acids is 2. The fraction of sp³-hybridized carbons (Fsp3) is 0.467. The molecule has 2 N–H and O–H groups in total. The predicted octanol–water partition coefficient (Wildman–Crippen LogP) is 0.730. The minimum Gasteiger partial charge on any atom is -0.273 e. The van der Waals surface area contributed by atoms with Crippen LogP contribution in [0.4, 0.5) is 4.39 Å². The number of carbonyl (C=O) groups is 2. The van der Waals surface area contributed by atoms with Gasteiger partial charge in [-0.1, -0.05) is 12.1 Å². The number of aryl methyl sites for hydroxylation is 1. The maximum absolute atomic E-state index is 13.0. The SMILES string of the molecule is O=C(CCc1cccc(F)c1)NNC(=O)CC1CCS(=O)(=O)C1. The Labute approximate surface area is 134 Å². The van der Waals surface area contributed by atoms with Crippen LogP contribution in [0, 0.1) is 11.7 Å². The minimum atomic E-state index is -3.01. The average Bonchev–Trinajstić information content (AvgIpc) is 2.82. The zero-order valence-corrected chi connectivity index (χ0v) is 13.4. The molecule has 1 aliphatic rings. The Morgan fingerprint density at radius 2 is 1.96 bits per heavy atom. The molecular formula is C15H19FN2O4S. The second-order valence-corrected chi connectivity index (χ2v) is 7.93. The molecule has 1 aliphatic heterocycles. The second-order valence-electron chi connectivity index (χ2n) is 5.70. The highest BCUT2D eigenvalue weighted by Gasteiger charge is 2.29. The van der Waals surface area contributed by atoms with Gasteiger partial charge in [-0.25, -0.2) is 12.8 Å². The first-order chi connectivity index (χ1) is 10.8. The van der Waals surface area contributed by atoms with E-state index < -0.39 is 15.7 Å². The first-order valence-electron chi connectivity index (χ1n) is 7.36. The van der Waals surface area contributed by atoms with Gasteiger partial charge in [-0.05, 0) is 36.5 Å². The zero-order valence-electron chi connectivity index (χ0n) is 12.5. The van der Waals surface area contributed by atoms with Crippen molar-refractivity contribution in [1.29, 1.82) is 0 Å². The van der Waals surface area contributed by atoms with Crippen molar-refractivity contribution in [2.75, 3.05) is 11.5 Å². The van der Waals surface area contributed by atoms with Crippen LogP contribution in [0.2, 0.25) is 0 Å². The van der Waals surface area contributed by atoms with E-state index in [4.69, 9.17) is 0 Å². The molecule has 1 saturated heterocycles. The van der Waals surface area contributed by atoms with Gasteiger partial charge in [0.15, 0.2) is 9.84 Å². The van der Waals surface area contributed by atoms with E-state index in [1.165, 1.54) is 12.1 Å². The Morgan fingerprint density at radius 3 is 2.61 bits per heavy atom. The van der Waals surface area contributed by atoms with Gasteiger partial charge in [0.1, 0.15) is 5.82 Å². The molecule has 0 aliphatic carbocycles. The van der Waals surface area contributed by atoms with Gasteiger partial charge in [-0.2, -0.15) is 0 Å². The minimum absolute atomic E-state index is 0.0218. The lowest BCUT2D eigenvalue weighted by Gasteiger charge is -2.10. The van der Waals surface area contributed by atoms with Crippen molar-refractivity contribution >= 4 is 21.7 Å². The molecule has 1 unspecified atom stereocenters. The van der Waals surface area contributed by atoms with Gasteiger partial charge < -0.3 is 0 Å². The third-order valence-corrected chi connectivity index (χ3v) is 5.51. The van der Waals surface area contributed by atoms with Gasteiger partial charge in [0.05, 0.1) is 11.5 Å². The molecule has 2 amide bonds. The summed E-state index contributed by atoms with van der Waals surface area (Å²) in [5, 5.41) is 0. The lowest BCUT2D eigenvalue weighted by Crippen LogP contribution is -2.42. The van der Waals surface area contributed by atoms with E-state index in [0.717, 1.165) is 0 Å². The third-order valence-electron chi connectivity index (χ3n) is 3.67. The topological polar surface area (TPSA) is 92.3 Å². The van der Waals surface area contributed by atoms with Crippen LogP contribution in [0.3, 0.4) is 0 Å². The van der Waals surface area contributed by atoms with Gasteiger partial charge in [-0.15, -0.1) is 0 Å². The number of halogens is 1. The highest BCUT2D eigenvalue weighted by atomic mass is 32.2. The Hall–Kier alpha value is -1.96. The molecule has 1 aromatic carbocycles. The summed E-state index contributed by atoms with van der Waals surface area (Å²) in [5.74, 6) is -1.21. The molecule has 1 atom stereocenters. The summed E-state index contributed by atoms with van der Waals surface area (Å²) in [4.78, 5) is 23.3. The summed E-state index contributed by atoms with van der Waals surface area (Å²) in [6.07, 6.45) is 1.02. The standard InChI is InChI=1S/C15H19FN2O4S/c16-13-3-1-2-11(8-13)4-5-14(19)17-18-15(20)9-12-6-7-23(21,22)10-12/h1-3,8,12H,4-7,9-10H2,(H,17,19)(H,18,20). The van der Waals surface area contributed by atoms with Crippen LogP contribution in [-0.4, -0.2) is 31.7 Å². The molecule has 0 aromatic heterocycles. The Bertz CT molecular complexity index is 690. The van der Waals surface area contributed by atoms with E-state index in [9.17, 15) is 22.4 Å². The molecule has 0 spiro atoms. The quantitative estimate of drug-likeness (QED) is 0.772. The highest BCUT2D eigenvalue weighted by Crippen LogP contribution is 2.21. The van der Waals surface area contributed by atoms with Crippen molar-refractivity contribution in [2.24, 2.45) is 5.92 Å². The van der Waals surface area contributed by atoms with Crippen LogP contribution < -0.4 is 10.9 Å². The molecule has 0 saturated carbocycles. The molecule has 1 aromatic rings. The van der Waals surface area contributed by atoms with Crippen molar-refractivity contribution in [2.45, 2.75) is 25.7 Å². The number of hydrogen-bond donors (Lipinski definition) is 2. The van der Waals surface area contributed by atoms with E-state index in [1.54, 1.807) is 12.1 Å². The summed E-state index contributed by atoms with van der Waals surface area (Å²) in [6.45, 7) is 0. The molecule has 8 heteroatoms. The molecular weight excluding hydrogens is 323 g/mol. The maximum atomic E-state index is 13.0. The van der Waals surface area contributed by atoms with Gasteiger partial charge in [0, 0.05) is 12.8 Å². The second kappa shape index (κ2) is 7.54. The first kappa shape index (κ1) is 17.4. The zero-order chi connectivity index (χ0) is 16.9. The number of benzene rings is 1. The molecule has 2 rings (SSSR count). The lowest BCUT2D eigenvalue weighted by molar-refractivity contribution is -0.129. The monoisotopic (exact) mass is 342 g/mol. The van der Waals surface area contributed by atoms with Crippen molar-refractivity contribution in [3.8, 4) is 0 Å². The summed E-state index contributed by atoms with van der Waals surface area (Å²) in [5.41, 5.74) is 5.25. The average molecular weight is 342 g/mol. The van der Waals surface area contributed by atoms with E-state index >= 15 is 0 Å². The highest BCUT2D eigenvalue weighted by molar-refractivity contribution is 7.91. The van der Waals surface area contributed by atoms with E-state index in [-0.39, 0.29) is 42.0 Å². The number of sulfone groups is 1. The number of hydrogen-bond acceptors (Lipinski definition) is 4. The Balaban J connectivity index is 1.67. The summed E-state index contributed by atoms with van der Waals surface area (Å²) >= 11 is 0. The van der Waals surface area contributed by atoms with Gasteiger partial charge in [0.25, 0.3) is 0 Å². The molecule has 1 fully saturated rings. The van der Waals surface area contributed by atoms with Crippen LogP contribution >= 0.6 is 0 Å². The van der Waals surface area contributed by atoms with Crippen molar-refractivity contribution < 1.29 is 22.4 Å². The summed E-state index contributed by atoms with van der Waals surface area (Å²) in [7, 11) is -3.01. The summed E-state index contributed by atoms with van der Waals surface area (Å²) < 4.78 is 35.6. The smallest absolute Gasteiger partial charge is 0.238 e. The van der Waals surface area contributed by atoms with Crippen molar-refractivity contribution in [1.82, 2.24) is 10.9 Å². The van der Waals surface area contributed by atoms with Crippen molar-refractivity contribution in [3.05, 3.63) is 35.6 Å². The fourth-order valence-corrected chi connectivity index (χ4v) is 4.36. The van der Waals surface area contributed by atoms with E-state index in [0.29, 0.717) is 18.4 Å². The van der Waals surface area contributed by atoms with Gasteiger partial charge in [-0.3, -0.25) is 20.4 Å².